The van der Waals surface area contributed by atoms with Crippen molar-refractivity contribution in [1.82, 2.24) is 15.5 Å². The molecule has 1 aromatic heterocycles. The summed E-state index contributed by atoms with van der Waals surface area (Å²) in [7, 11) is 0. The molecule has 0 aliphatic carbocycles. The zero-order valence-corrected chi connectivity index (χ0v) is 9.43. The van der Waals surface area contributed by atoms with Crippen molar-refractivity contribution >= 4 is 0 Å². The van der Waals surface area contributed by atoms with Crippen LogP contribution in [0.5, 0.6) is 0 Å². The van der Waals surface area contributed by atoms with E-state index in [4.69, 9.17) is 0 Å². The summed E-state index contributed by atoms with van der Waals surface area (Å²) in [6.07, 6.45) is 1.74. The summed E-state index contributed by atoms with van der Waals surface area (Å²) in [6.45, 7) is 3.06. The van der Waals surface area contributed by atoms with Gasteiger partial charge in [0, 0.05) is 24.3 Å². The first-order valence-corrected chi connectivity index (χ1v) is 5.30. The minimum atomic E-state index is -0.820. The summed E-state index contributed by atoms with van der Waals surface area (Å²) in [5.41, 5.74) is 2.78. The van der Waals surface area contributed by atoms with Gasteiger partial charge < -0.3 is 5.32 Å². The molecule has 0 fully saturated rings. The average Bonchev–Trinajstić information content (AvgIpc) is 2.70. The highest BCUT2D eigenvalue weighted by Gasteiger charge is 2.03. The van der Waals surface area contributed by atoms with Crippen LogP contribution in [0.1, 0.15) is 16.8 Å². The fraction of sp³-hybridized carbons (Fsp3) is 0.250. The van der Waals surface area contributed by atoms with Crippen LogP contribution in [0.3, 0.4) is 0 Å². The number of hydrogen-bond acceptors (Lipinski definition) is 2. The maximum absolute atomic E-state index is 12.9. The van der Waals surface area contributed by atoms with E-state index < -0.39 is 11.6 Å². The third-order valence-electron chi connectivity index (χ3n) is 2.56. The van der Waals surface area contributed by atoms with Gasteiger partial charge in [0.15, 0.2) is 11.6 Å². The SMILES string of the molecule is Cc1[nH]ncc1CNCc1ccc(F)c(F)c1. The van der Waals surface area contributed by atoms with Gasteiger partial charge in [-0.3, -0.25) is 5.10 Å². The van der Waals surface area contributed by atoms with E-state index in [9.17, 15) is 8.78 Å². The Labute approximate surface area is 97.9 Å². The monoisotopic (exact) mass is 237 g/mol. The minimum absolute atomic E-state index is 0.488. The number of nitrogens with one attached hydrogen (secondary N) is 2. The Morgan fingerprint density at radius 2 is 2.06 bits per heavy atom. The second kappa shape index (κ2) is 5.05. The summed E-state index contributed by atoms with van der Waals surface area (Å²) in [6, 6.07) is 3.90. The molecule has 0 unspecified atom stereocenters. The first kappa shape index (κ1) is 11.7. The molecule has 0 saturated heterocycles. The van der Waals surface area contributed by atoms with Crippen LogP contribution in [-0.4, -0.2) is 10.2 Å². The van der Waals surface area contributed by atoms with E-state index in [2.05, 4.69) is 15.5 Å². The van der Waals surface area contributed by atoms with E-state index in [1.165, 1.54) is 6.07 Å². The minimum Gasteiger partial charge on any atom is -0.308 e. The molecule has 0 spiro atoms. The van der Waals surface area contributed by atoms with Crippen LogP contribution < -0.4 is 5.32 Å². The Kier molecular flexibility index (Phi) is 3.49. The molecular formula is C12H13F2N3. The quantitative estimate of drug-likeness (QED) is 0.856. The molecule has 1 aromatic carbocycles. The normalized spacial score (nSPS) is 10.8. The van der Waals surface area contributed by atoms with Crippen LogP contribution >= 0.6 is 0 Å². The molecule has 2 aromatic rings. The number of hydrogen-bond donors (Lipinski definition) is 2. The number of aromatic amines is 1. The van der Waals surface area contributed by atoms with E-state index in [0.717, 1.165) is 17.3 Å². The lowest BCUT2D eigenvalue weighted by Gasteiger charge is -2.04. The van der Waals surface area contributed by atoms with Crippen LogP contribution in [-0.2, 0) is 13.1 Å². The van der Waals surface area contributed by atoms with Gasteiger partial charge in [-0.25, -0.2) is 8.78 Å². The third kappa shape index (κ3) is 2.88. The molecule has 0 atom stereocenters. The topological polar surface area (TPSA) is 40.7 Å². The number of benzene rings is 1. The molecule has 0 radical (unpaired) electrons. The number of aromatic nitrogens is 2. The lowest BCUT2D eigenvalue weighted by Crippen LogP contribution is -2.13. The summed E-state index contributed by atoms with van der Waals surface area (Å²) in [5, 5.41) is 9.88. The maximum Gasteiger partial charge on any atom is 0.159 e. The van der Waals surface area contributed by atoms with Gasteiger partial charge in [-0.05, 0) is 24.6 Å². The zero-order valence-electron chi connectivity index (χ0n) is 9.43. The van der Waals surface area contributed by atoms with Crippen molar-refractivity contribution in [3.63, 3.8) is 0 Å². The molecule has 90 valence electrons. The average molecular weight is 237 g/mol. The molecule has 2 rings (SSSR count). The van der Waals surface area contributed by atoms with Crippen molar-refractivity contribution in [3.05, 3.63) is 52.9 Å². The summed E-state index contributed by atoms with van der Waals surface area (Å²) in [5.74, 6) is -1.64. The number of nitrogens with zero attached hydrogens (tertiary/aromatic N) is 1. The standard InChI is InChI=1S/C12H13F2N3/c1-8-10(7-16-17-8)6-15-5-9-2-3-11(13)12(14)4-9/h2-4,7,15H,5-6H2,1H3,(H,16,17). The third-order valence-corrected chi connectivity index (χ3v) is 2.56. The van der Waals surface area contributed by atoms with Gasteiger partial charge in [0.1, 0.15) is 0 Å². The highest BCUT2D eigenvalue weighted by molar-refractivity contribution is 5.18. The van der Waals surface area contributed by atoms with Crippen LogP contribution in [0.4, 0.5) is 8.78 Å². The number of rotatable bonds is 4. The van der Waals surface area contributed by atoms with Gasteiger partial charge >= 0.3 is 0 Å². The second-order valence-electron chi connectivity index (χ2n) is 3.87. The van der Waals surface area contributed by atoms with Crippen molar-refractivity contribution < 1.29 is 8.78 Å². The summed E-state index contributed by atoms with van der Waals surface area (Å²) >= 11 is 0. The number of halogens is 2. The largest absolute Gasteiger partial charge is 0.308 e. The van der Waals surface area contributed by atoms with Gasteiger partial charge in [0.2, 0.25) is 0 Å². The summed E-state index contributed by atoms with van der Waals surface area (Å²) < 4.78 is 25.6. The van der Waals surface area contributed by atoms with Crippen LogP contribution in [0, 0.1) is 18.6 Å². The van der Waals surface area contributed by atoms with Crippen LogP contribution in [0.2, 0.25) is 0 Å². The molecule has 17 heavy (non-hydrogen) atoms. The first-order chi connectivity index (χ1) is 8.16. The molecular weight excluding hydrogens is 224 g/mol. The van der Waals surface area contributed by atoms with E-state index >= 15 is 0 Å². The van der Waals surface area contributed by atoms with Gasteiger partial charge in [-0.2, -0.15) is 5.10 Å². The van der Waals surface area contributed by atoms with E-state index in [-0.39, 0.29) is 0 Å². The molecule has 0 amide bonds. The molecule has 0 bridgehead atoms. The highest BCUT2D eigenvalue weighted by Crippen LogP contribution is 2.09. The fourth-order valence-corrected chi connectivity index (χ4v) is 1.54. The van der Waals surface area contributed by atoms with Crippen molar-refractivity contribution in [2.45, 2.75) is 20.0 Å². The molecule has 5 heteroatoms. The predicted octanol–water partition coefficient (Wildman–Crippen LogP) is 2.29. The molecule has 2 N–H and O–H groups in total. The zero-order chi connectivity index (χ0) is 12.3. The van der Waals surface area contributed by atoms with Gasteiger partial charge in [-0.15, -0.1) is 0 Å². The Hall–Kier alpha value is -1.75. The maximum atomic E-state index is 12.9. The highest BCUT2D eigenvalue weighted by atomic mass is 19.2. The fourth-order valence-electron chi connectivity index (χ4n) is 1.54. The number of aryl methyl sites for hydroxylation is 1. The molecule has 1 heterocycles. The lowest BCUT2D eigenvalue weighted by molar-refractivity contribution is 0.506. The van der Waals surface area contributed by atoms with Crippen LogP contribution in [0.25, 0.3) is 0 Å². The predicted molar refractivity (Wildman–Crippen MR) is 60.2 cm³/mol. The van der Waals surface area contributed by atoms with Crippen molar-refractivity contribution in [3.8, 4) is 0 Å². The smallest absolute Gasteiger partial charge is 0.159 e. The Balaban J connectivity index is 1.90. The molecule has 0 aliphatic rings. The van der Waals surface area contributed by atoms with Gasteiger partial charge in [0.25, 0.3) is 0 Å². The van der Waals surface area contributed by atoms with E-state index in [1.807, 2.05) is 6.92 Å². The molecule has 0 saturated carbocycles. The van der Waals surface area contributed by atoms with Crippen LogP contribution in [0.15, 0.2) is 24.4 Å². The Morgan fingerprint density at radius 1 is 1.24 bits per heavy atom. The Bertz CT molecular complexity index is 508. The van der Waals surface area contributed by atoms with E-state index in [1.54, 1.807) is 12.3 Å². The first-order valence-electron chi connectivity index (χ1n) is 5.30. The summed E-state index contributed by atoms with van der Waals surface area (Å²) in [4.78, 5) is 0. The Morgan fingerprint density at radius 3 is 2.71 bits per heavy atom. The number of H-pyrrole nitrogens is 1. The van der Waals surface area contributed by atoms with Crippen molar-refractivity contribution in [2.24, 2.45) is 0 Å². The second-order valence-corrected chi connectivity index (χ2v) is 3.87. The van der Waals surface area contributed by atoms with Crippen molar-refractivity contribution in [2.75, 3.05) is 0 Å². The molecule has 3 nitrogen and oxygen atoms in total. The lowest BCUT2D eigenvalue weighted by atomic mass is 10.2. The van der Waals surface area contributed by atoms with Crippen molar-refractivity contribution in [1.29, 1.82) is 0 Å². The van der Waals surface area contributed by atoms with Gasteiger partial charge in [0.05, 0.1) is 6.20 Å². The van der Waals surface area contributed by atoms with E-state index in [0.29, 0.717) is 18.7 Å². The molecule has 0 aliphatic heterocycles. The van der Waals surface area contributed by atoms with Gasteiger partial charge in [-0.1, -0.05) is 6.07 Å².